The van der Waals surface area contributed by atoms with Gasteiger partial charge >= 0.3 is 19.0 Å². The fraction of sp³-hybridized carbons (Fsp3) is 1.00. The largest absolute Gasteiger partial charge is 0.379 e. The molecule has 0 saturated carbocycles. The van der Waals surface area contributed by atoms with Gasteiger partial charge in [-0.1, -0.05) is 63.2 Å². The van der Waals surface area contributed by atoms with Gasteiger partial charge in [-0.3, -0.25) is 9.13 Å². The van der Waals surface area contributed by atoms with Crippen molar-refractivity contribution in [3.8, 4) is 0 Å². The number of hydrogen-bond acceptors (Lipinski definition) is 5. The highest BCUT2D eigenvalue weighted by atomic mass is 35.5. The lowest BCUT2D eigenvalue weighted by atomic mass is 10.4. The van der Waals surface area contributed by atoms with Gasteiger partial charge in [0, 0.05) is 0 Å². The van der Waals surface area contributed by atoms with Gasteiger partial charge in [-0.25, -0.2) is 0 Å². The summed E-state index contributed by atoms with van der Waals surface area (Å²) < 4.78 is 38.0. The van der Waals surface area contributed by atoms with Crippen LogP contribution in [0.4, 0.5) is 0 Å². The molecule has 0 saturated heterocycles. The Kier molecular flexibility index (Phi) is 11.9. The van der Waals surface area contributed by atoms with Crippen LogP contribution >= 0.6 is 38.4 Å². The van der Waals surface area contributed by atoms with E-state index in [0.29, 0.717) is 19.3 Å². The molecule has 10 heteroatoms. The Hall–Kier alpha value is 0.880. The van der Waals surface area contributed by atoms with Crippen LogP contribution in [0.5, 0.6) is 0 Å². The molecule has 0 amide bonds. The summed E-state index contributed by atoms with van der Waals surface area (Å²) in [6.07, 6.45) is 4.07. The smallest absolute Gasteiger partial charge is 0.322 e. The van der Waals surface area contributed by atoms with Crippen LogP contribution in [-0.4, -0.2) is 28.5 Å². The van der Waals surface area contributed by atoms with E-state index >= 15 is 0 Å². The topological polar surface area (TPSA) is 82.1 Å². The fourth-order valence-corrected chi connectivity index (χ4v) is 5.71. The lowest BCUT2D eigenvalue weighted by Crippen LogP contribution is -2.20. The summed E-state index contributed by atoms with van der Waals surface area (Å²) in [5.74, 6) is 0. The molecular weight excluding hydrogens is 385 g/mol. The van der Waals surface area contributed by atoms with Gasteiger partial charge < -0.3 is 18.5 Å². The molecule has 0 radical (unpaired) electrons. The van der Waals surface area contributed by atoms with E-state index in [4.69, 9.17) is 36.8 Å². The lowest BCUT2D eigenvalue weighted by Gasteiger charge is -2.31. The Morgan fingerprint density at radius 1 is 0.826 bits per heavy atom. The molecule has 1 atom stereocenters. The van der Waals surface area contributed by atoms with Crippen molar-refractivity contribution < 1.29 is 27.6 Å². The van der Waals surface area contributed by atoms with E-state index in [-0.39, 0.29) is 19.8 Å². The van der Waals surface area contributed by atoms with E-state index < -0.39 is 19.0 Å². The average molecular weight is 413 g/mol. The second kappa shape index (κ2) is 11.5. The first-order chi connectivity index (χ1) is 10.7. The van der Waals surface area contributed by atoms with Crippen molar-refractivity contribution in [1.82, 2.24) is 0 Å². The van der Waals surface area contributed by atoms with Crippen molar-refractivity contribution >= 4 is 38.4 Å². The van der Waals surface area contributed by atoms with E-state index in [1.165, 1.54) is 0 Å². The minimum Gasteiger partial charge on any atom is -0.322 e. The Labute approximate surface area is 149 Å². The van der Waals surface area contributed by atoms with Crippen LogP contribution in [0, 0.1) is 0 Å². The van der Waals surface area contributed by atoms with Gasteiger partial charge in [-0.05, 0) is 19.3 Å². The molecule has 6 nitrogen and oxygen atoms in total. The second-order valence-corrected chi connectivity index (χ2v) is 12.0. The van der Waals surface area contributed by atoms with Gasteiger partial charge in [0.05, 0.1) is 19.8 Å². The van der Waals surface area contributed by atoms with E-state index in [2.05, 4.69) is 0 Å². The van der Waals surface area contributed by atoms with Gasteiger partial charge in [-0.2, -0.15) is 0 Å². The molecule has 1 N–H and O–H groups in total. The zero-order chi connectivity index (χ0) is 18.0. The van der Waals surface area contributed by atoms with Crippen molar-refractivity contribution in [2.24, 2.45) is 0 Å². The predicted octanol–water partition coefficient (Wildman–Crippen LogP) is 5.90. The molecule has 0 rings (SSSR count). The van der Waals surface area contributed by atoms with Crippen molar-refractivity contribution in [2.45, 2.75) is 63.1 Å². The molecule has 0 bridgehead atoms. The normalized spacial score (nSPS) is 15.6. The quantitative estimate of drug-likeness (QED) is 0.217. The fourth-order valence-electron chi connectivity index (χ4n) is 1.42. The molecule has 0 spiro atoms. The lowest BCUT2D eigenvalue weighted by molar-refractivity contribution is 0.193. The number of alkyl halides is 2. The van der Waals surface area contributed by atoms with Crippen molar-refractivity contribution in [3.63, 3.8) is 0 Å². The summed E-state index contributed by atoms with van der Waals surface area (Å²) in [5.41, 5.74) is 0. The van der Waals surface area contributed by atoms with Crippen LogP contribution in [0.3, 0.4) is 0 Å². The summed E-state index contributed by atoms with van der Waals surface area (Å²) in [5, 5.41) is 0. The Morgan fingerprint density at radius 2 is 1.17 bits per heavy atom. The van der Waals surface area contributed by atoms with E-state index in [9.17, 15) is 14.0 Å². The molecule has 0 fully saturated rings. The van der Waals surface area contributed by atoms with Gasteiger partial charge in [0.25, 0.3) is 0 Å². The maximum absolute atomic E-state index is 12.9. The number of hydrogen-bond donors (Lipinski definition) is 1. The number of rotatable bonds is 14. The molecule has 0 aromatic heterocycles. The highest BCUT2D eigenvalue weighted by molar-refractivity contribution is 7.79. The minimum atomic E-state index is -4.63. The van der Waals surface area contributed by atoms with Gasteiger partial charge in [0.15, 0.2) is 0 Å². The van der Waals surface area contributed by atoms with Crippen LogP contribution in [0.25, 0.3) is 0 Å². The van der Waals surface area contributed by atoms with Crippen molar-refractivity contribution in [1.29, 1.82) is 0 Å². The van der Waals surface area contributed by atoms with Crippen molar-refractivity contribution in [2.75, 3.05) is 19.8 Å². The van der Waals surface area contributed by atoms with Crippen LogP contribution in [0.15, 0.2) is 0 Å². The van der Waals surface area contributed by atoms with Crippen LogP contribution in [-0.2, 0) is 22.7 Å². The number of halogens is 2. The molecule has 0 aliphatic carbocycles. The average Bonchev–Trinajstić information content (AvgIpc) is 2.47. The zero-order valence-electron chi connectivity index (χ0n) is 14.0. The third kappa shape index (κ3) is 7.33. The third-order valence-electron chi connectivity index (χ3n) is 2.95. The number of unbranched alkanes of at least 4 members (excludes halogenated alkanes) is 3. The van der Waals surface area contributed by atoms with Crippen LogP contribution in [0.1, 0.15) is 59.3 Å². The molecule has 1 unspecified atom stereocenters. The Bertz CT molecular complexity index is 405. The van der Waals surface area contributed by atoms with E-state index in [1.54, 1.807) is 0 Å². The van der Waals surface area contributed by atoms with E-state index in [1.807, 2.05) is 20.8 Å². The molecule has 0 aliphatic heterocycles. The van der Waals surface area contributed by atoms with Gasteiger partial charge in [-0.15, -0.1) is 0 Å². The molecule has 0 heterocycles. The minimum absolute atomic E-state index is 0.0185. The van der Waals surface area contributed by atoms with Gasteiger partial charge in [0.1, 0.15) is 0 Å². The SMILES string of the molecule is CCCCOP(=O)(O)C(Cl)(Cl)P(=O)(OCCCC)OCCCC. The first kappa shape index (κ1) is 23.9. The van der Waals surface area contributed by atoms with E-state index in [0.717, 1.165) is 19.3 Å². The summed E-state index contributed by atoms with van der Waals surface area (Å²) in [6, 6.07) is 0. The molecular formula is C13H28Cl2O6P2. The maximum Gasteiger partial charge on any atom is 0.379 e. The van der Waals surface area contributed by atoms with Gasteiger partial charge in [0.2, 0.25) is 0 Å². The van der Waals surface area contributed by atoms with Crippen LogP contribution < -0.4 is 0 Å². The molecule has 0 aliphatic rings. The third-order valence-corrected chi connectivity index (χ3v) is 9.89. The van der Waals surface area contributed by atoms with Crippen molar-refractivity contribution in [3.05, 3.63) is 0 Å². The first-order valence-electron chi connectivity index (χ1n) is 7.93. The predicted molar refractivity (Wildman–Crippen MR) is 94.4 cm³/mol. The highest BCUT2D eigenvalue weighted by Crippen LogP contribution is 2.80. The summed E-state index contributed by atoms with van der Waals surface area (Å²) in [7, 11) is -8.89. The Balaban J connectivity index is 5.20. The summed E-state index contributed by atoms with van der Waals surface area (Å²) in [6.45, 7) is 5.85. The Morgan fingerprint density at radius 3 is 1.52 bits per heavy atom. The molecule has 23 heavy (non-hydrogen) atoms. The molecule has 0 aromatic carbocycles. The second-order valence-electron chi connectivity index (χ2n) is 5.09. The molecule has 140 valence electrons. The highest BCUT2D eigenvalue weighted by Gasteiger charge is 2.63. The zero-order valence-corrected chi connectivity index (χ0v) is 17.3. The summed E-state index contributed by atoms with van der Waals surface area (Å²) >= 11 is 12.0. The summed E-state index contributed by atoms with van der Waals surface area (Å²) in [4.78, 5) is 10.1. The monoisotopic (exact) mass is 412 g/mol. The van der Waals surface area contributed by atoms with Crippen LogP contribution in [0.2, 0.25) is 0 Å². The molecule has 0 aromatic rings. The maximum atomic E-state index is 12.9. The first-order valence-corrected chi connectivity index (χ1v) is 11.8. The standard InChI is InChI=1S/C13H28Cl2O6P2/c1-4-7-10-19-22(16,17)13(14,15)23(18,20-11-8-5-2)21-12-9-6-3/h4-12H2,1-3H3,(H,16,17).